The van der Waals surface area contributed by atoms with Crippen molar-refractivity contribution in [2.45, 2.75) is 6.43 Å². The van der Waals surface area contributed by atoms with Gasteiger partial charge in [0.25, 0.3) is 0 Å². The molecule has 0 aromatic rings. The first-order chi connectivity index (χ1) is 4.16. The molecule has 5 heteroatoms. The first-order valence-electron chi connectivity index (χ1n) is 2.50. The van der Waals surface area contributed by atoms with Crippen LogP contribution in [-0.4, -0.2) is 28.7 Å². The monoisotopic (exact) mass is 157 g/mol. The molecule has 9 heavy (non-hydrogen) atoms. The predicted octanol–water partition coefficient (Wildman–Crippen LogP) is -0.0411. The fourth-order valence-corrected chi connectivity index (χ4v) is 1.07. The van der Waals surface area contributed by atoms with Crippen molar-refractivity contribution in [1.29, 1.82) is 0 Å². The summed E-state index contributed by atoms with van der Waals surface area (Å²) in [6.07, 6.45) is -2.47. The van der Waals surface area contributed by atoms with Gasteiger partial charge in [0.15, 0.2) is 0 Å². The zero-order chi connectivity index (χ0) is 7.28. The molecule has 0 saturated heterocycles. The van der Waals surface area contributed by atoms with Crippen LogP contribution < -0.4 is 5.73 Å². The first-order valence-corrected chi connectivity index (χ1v) is 3.98. The molecular formula is C4H9F2NOS. The van der Waals surface area contributed by atoms with Crippen LogP contribution in [-0.2, 0) is 10.8 Å². The van der Waals surface area contributed by atoms with Gasteiger partial charge in [-0.2, -0.15) is 0 Å². The molecule has 0 aliphatic rings. The van der Waals surface area contributed by atoms with Crippen LogP contribution in [0.25, 0.3) is 0 Å². The van der Waals surface area contributed by atoms with E-state index >= 15 is 0 Å². The van der Waals surface area contributed by atoms with Crippen molar-refractivity contribution in [3.63, 3.8) is 0 Å². The van der Waals surface area contributed by atoms with Gasteiger partial charge in [0.05, 0.1) is 5.75 Å². The fraction of sp³-hybridized carbons (Fsp3) is 1.00. The van der Waals surface area contributed by atoms with Crippen molar-refractivity contribution in [2.75, 3.05) is 18.1 Å². The highest BCUT2D eigenvalue weighted by atomic mass is 32.2. The van der Waals surface area contributed by atoms with E-state index in [-0.39, 0.29) is 12.3 Å². The van der Waals surface area contributed by atoms with E-state index in [4.69, 9.17) is 5.73 Å². The second kappa shape index (κ2) is 4.81. The number of alkyl halides is 2. The van der Waals surface area contributed by atoms with Crippen LogP contribution in [0.3, 0.4) is 0 Å². The lowest BCUT2D eigenvalue weighted by Crippen LogP contribution is -2.16. The Kier molecular flexibility index (Phi) is 4.80. The molecule has 0 rings (SSSR count). The molecule has 1 unspecified atom stereocenters. The number of rotatable bonds is 4. The third kappa shape index (κ3) is 5.85. The van der Waals surface area contributed by atoms with Gasteiger partial charge in [-0.3, -0.25) is 4.21 Å². The van der Waals surface area contributed by atoms with E-state index in [0.29, 0.717) is 0 Å². The minimum atomic E-state index is -2.47. The lowest BCUT2D eigenvalue weighted by molar-refractivity contribution is 0.175. The Hall–Kier alpha value is -0.0300. The lowest BCUT2D eigenvalue weighted by atomic mass is 10.8. The predicted molar refractivity (Wildman–Crippen MR) is 32.9 cm³/mol. The first kappa shape index (κ1) is 8.97. The Labute approximate surface area is 54.9 Å². The Morgan fingerprint density at radius 3 is 2.44 bits per heavy atom. The van der Waals surface area contributed by atoms with Crippen molar-refractivity contribution >= 4 is 10.8 Å². The highest BCUT2D eigenvalue weighted by Crippen LogP contribution is 1.94. The van der Waals surface area contributed by atoms with Crippen LogP contribution >= 0.6 is 0 Å². The van der Waals surface area contributed by atoms with Gasteiger partial charge in [0.2, 0.25) is 6.43 Å². The van der Waals surface area contributed by atoms with Crippen LogP contribution in [0.1, 0.15) is 0 Å². The van der Waals surface area contributed by atoms with Crippen molar-refractivity contribution in [3.8, 4) is 0 Å². The number of hydrogen-bond acceptors (Lipinski definition) is 2. The summed E-state index contributed by atoms with van der Waals surface area (Å²) >= 11 is 0. The average Bonchev–Trinajstić information content (AvgIpc) is 1.63. The molecule has 0 bridgehead atoms. The Balaban J connectivity index is 3.27. The maximum absolute atomic E-state index is 11.4. The summed E-state index contributed by atoms with van der Waals surface area (Å²) < 4.78 is 33.2. The molecular weight excluding hydrogens is 148 g/mol. The summed E-state index contributed by atoms with van der Waals surface area (Å²) in [5.41, 5.74) is 4.97. The van der Waals surface area contributed by atoms with E-state index in [1.54, 1.807) is 0 Å². The Bertz CT molecular complexity index is 98.6. The quantitative estimate of drug-likeness (QED) is 0.622. The van der Waals surface area contributed by atoms with Crippen LogP contribution in [0.4, 0.5) is 8.78 Å². The normalized spacial score (nSPS) is 14.2. The molecule has 1 atom stereocenters. The molecule has 0 saturated carbocycles. The molecule has 0 amide bonds. The summed E-state index contributed by atoms with van der Waals surface area (Å²) in [6, 6.07) is 0. The van der Waals surface area contributed by atoms with E-state index < -0.39 is 23.0 Å². The van der Waals surface area contributed by atoms with E-state index in [1.165, 1.54) is 0 Å². The second-order valence-corrected chi connectivity index (χ2v) is 3.11. The SMILES string of the molecule is NCCS(=O)CC(F)F. The topological polar surface area (TPSA) is 43.1 Å². The second-order valence-electron chi connectivity index (χ2n) is 1.49. The van der Waals surface area contributed by atoms with Crippen LogP contribution in [0.2, 0.25) is 0 Å². The fourth-order valence-electron chi connectivity index (χ4n) is 0.355. The maximum Gasteiger partial charge on any atom is 0.250 e. The summed E-state index contributed by atoms with van der Waals surface area (Å²) in [5.74, 6) is -0.373. The summed E-state index contributed by atoms with van der Waals surface area (Å²) in [5, 5.41) is 0. The van der Waals surface area contributed by atoms with E-state index in [9.17, 15) is 13.0 Å². The van der Waals surface area contributed by atoms with Crippen LogP contribution in [0.15, 0.2) is 0 Å². The van der Waals surface area contributed by atoms with Crippen LogP contribution in [0.5, 0.6) is 0 Å². The number of nitrogens with two attached hydrogens (primary N) is 1. The van der Waals surface area contributed by atoms with Crippen molar-refractivity contribution in [3.05, 3.63) is 0 Å². The molecule has 0 fully saturated rings. The summed E-state index contributed by atoms with van der Waals surface area (Å²) in [6.45, 7) is 0.208. The van der Waals surface area contributed by atoms with Crippen LogP contribution in [0, 0.1) is 0 Å². The minimum absolute atomic E-state index is 0.171. The van der Waals surface area contributed by atoms with E-state index in [1.807, 2.05) is 0 Å². The number of hydrogen-bond donors (Lipinski definition) is 1. The van der Waals surface area contributed by atoms with Gasteiger partial charge in [0, 0.05) is 23.1 Å². The Morgan fingerprint density at radius 1 is 1.56 bits per heavy atom. The molecule has 0 aromatic carbocycles. The summed E-state index contributed by atoms with van der Waals surface area (Å²) in [4.78, 5) is 0. The lowest BCUT2D eigenvalue weighted by Gasteiger charge is -1.96. The smallest absolute Gasteiger partial charge is 0.250 e. The molecule has 2 nitrogen and oxygen atoms in total. The molecule has 0 radical (unpaired) electrons. The Morgan fingerprint density at radius 2 is 2.11 bits per heavy atom. The third-order valence-electron chi connectivity index (χ3n) is 0.657. The maximum atomic E-state index is 11.4. The molecule has 0 spiro atoms. The molecule has 0 aliphatic carbocycles. The molecule has 2 N–H and O–H groups in total. The standard InChI is InChI=1S/C4H9F2NOS/c5-4(6)3-9(8)2-1-7/h4H,1-3,7H2. The van der Waals surface area contributed by atoms with Gasteiger partial charge in [-0.25, -0.2) is 8.78 Å². The van der Waals surface area contributed by atoms with Crippen molar-refractivity contribution < 1.29 is 13.0 Å². The molecule has 0 aliphatic heterocycles. The minimum Gasteiger partial charge on any atom is -0.330 e. The highest BCUT2D eigenvalue weighted by Gasteiger charge is 2.06. The number of halogens is 2. The van der Waals surface area contributed by atoms with Crippen molar-refractivity contribution in [2.24, 2.45) is 5.73 Å². The van der Waals surface area contributed by atoms with Gasteiger partial charge in [0.1, 0.15) is 0 Å². The zero-order valence-corrected chi connectivity index (χ0v) is 5.66. The van der Waals surface area contributed by atoms with Gasteiger partial charge >= 0.3 is 0 Å². The van der Waals surface area contributed by atoms with Gasteiger partial charge in [-0.1, -0.05) is 0 Å². The van der Waals surface area contributed by atoms with Gasteiger partial charge < -0.3 is 5.73 Å². The highest BCUT2D eigenvalue weighted by molar-refractivity contribution is 7.85. The van der Waals surface area contributed by atoms with E-state index in [0.717, 1.165) is 0 Å². The zero-order valence-electron chi connectivity index (χ0n) is 4.85. The molecule has 0 aromatic heterocycles. The van der Waals surface area contributed by atoms with Gasteiger partial charge in [-0.05, 0) is 0 Å². The van der Waals surface area contributed by atoms with Crippen molar-refractivity contribution in [1.82, 2.24) is 0 Å². The average molecular weight is 157 g/mol. The molecule has 56 valence electrons. The van der Waals surface area contributed by atoms with E-state index in [2.05, 4.69) is 0 Å². The largest absolute Gasteiger partial charge is 0.330 e. The van der Waals surface area contributed by atoms with Gasteiger partial charge in [-0.15, -0.1) is 0 Å². The summed E-state index contributed by atoms with van der Waals surface area (Å²) in [7, 11) is -1.43. The molecule has 0 heterocycles. The third-order valence-corrected chi connectivity index (χ3v) is 1.97.